The summed E-state index contributed by atoms with van der Waals surface area (Å²) in [6, 6.07) is 16.2. The standard InChI is InChI=1S/C30H34N4O5/c1-3-39-24-12-10-22(11-13-24)27-26(28(35)25-20-31-34(21(25)2)23-8-5-4-6-9-23)29(36)30(37)33(27)15-7-14-32-16-18-38-19-17-32/h4-6,8-13,20,27,35H,3,7,14-19H2,1-2H3/b28-26+/t27-/m1/s1. The van der Waals surface area contributed by atoms with Crippen molar-refractivity contribution in [3.8, 4) is 11.4 Å². The van der Waals surface area contributed by atoms with Gasteiger partial charge in [0.2, 0.25) is 0 Å². The first-order valence-corrected chi connectivity index (χ1v) is 13.4. The number of aliphatic hydroxyl groups is 1. The fourth-order valence-corrected chi connectivity index (χ4v) is 5.28. The van der Waals surface area contributed by atoms with Crippen LogP contribution in [0.5, 0.6) is 5.75 Å². The second kappa shape index (κ2) is 11.8. The minimum absolute atomic E-state index is 0.0752. The van der Waals surface area contributed by atoms with Crippen molar-refractivity contribution < 1.29 is 24.2 Å². The Morgan fingerprint density at radius 2 is 1.77 bits per heavy atom. The highest BCUT2D eigenvalue weighted by Crippen LogP contribution is 2.40. The Balaban J connectivity index is 1.50. The van der Waals surface area contributed by atoms with Crippen LogP contribution in [0, 0.1) is 6.92 Å². The first-order chi connectivity index (χ1) is 19.0. The lowest BCUT2D eigenvalue weighted by atomic mass is 9.95. The predicted molar refractivity (Wildman–Crippen MR) is 147 cm³/mol. The summed E-state index contributed by atoms with van der Waals surface area (Å²) in [5.74, 6) is -0.816. The quantitative estimate of drug-likeness (QED) is 0.256. The summed E-state index contributed by atoms with van der Waals surface area (Å²) < 4.78 is 12.7. The molecular weight excluding hydrogens is 496 g/mol. The molecule has 1 aromatic heterocycles. The van der Waals surface area contributed by atoms with Crippen LogP contribution in [-0.4, -0.2) is 82.4 Å². The van der Waals surface area contributed by atoms with Gasteiger partial charge in [0.1, 0.15) is 11.5 Å². The topological polar surface area (TPSA) is 97.1 Å². The molecule has 3 heterocycles. The zero-order valence-corrected chi connectivity index (χ0v) is 22.4. The van der Waals surface area contributed by atoms with Crippen LogP contribution in [0.15, 0.2) is 66.4 Å². The molecule has 1 atom stereocenters. The summed E-state index contributed by atoms with van der Waals surface area (Å²) in [4.78, 5) is 30.7. The SMILES string of the molecule is CCOc1ccc([C@@H]2/C(=C(\O)c3cnn(-c4ccccc4)c3C)C(=O)C(=O)N2CCCN2CCOCC2)cc1. The number of Topliss-reactive ketones (excluding diaryl/α,β-unsaturated/α-hetero) is 1. The van der Waals surface area contributed by atoms with E-state index in [0.717, 1.165) is 30.9 Å². The molecule has 39 heavy (non-hydrogen) atoms. The smallest absolute Gasteiger partial charge is 0.295 e. The predicted octanol–water partition coefficient (Wildman–Crippen LogP) is 3.72. The van der Waals surface area contributed by atoms with E-state index in [1.54, 1.807) is 15.8 Å². The van der Waals surface area contributed by atoms with Gasteiger partial charge in [0.25, 0.3) is 11.7 Å². The third-order valence-electron chi connectivity index (χ3n) is 7.29. The van der Waals surface area contributed by atoms with Gasteiger partial charge in [-0.25, -0.2) is 4.68 Å². The van der Waals surface area contributed by atoms with Gasteiger partial charge in [0.15, 0.2) is 0 Å². The number of hydrogen-bond acceptors (Lipinski definition) is 7. The molecule has 204 valence electrons. The number of ketones is 1. The van der Waals surface area contributed by atoms with Crippen LogP contribution in [0.1, 0.15) is 36.2 Å². The van der Waals surface area contributed by atoms with Gasteiger partial charge in [0, 0.05) is 26.2 Å². The first-order valence-electron chi connectivity index (χ1n) is 13.4. The lowest BCUT2D eigenvalue weighted by Crippen LogP contribution is -2.38. The van der Waals surface area contributed by atoms with E-state index in [1.807, 2.05) is 68.4 Å². The molecule has 2 saturated heterocycles. The zero-order chi connectivity index (χ0) is 27.4. The highest BCUT2D eigenvalue weighted by atomic mass is 16.5. The van der Waals surface area contributed by atoms with E-state index in [9.17, 15) is 14.7 Å². The summed E-state index contributed by atoms with van der Waals surface area (Å²) in [7, 11) is 0. The fourth-order valence-electron chi connectivity index (χ4n) is 5.28. The van der Waals surface area contributed by atoms with Crippen LogP contribution < -0.4 is 4.74 Å². The molecule has 3 aromatic rings. The van der Waals surface area contributed by atoms with E-state index in [2.05, 4.69) is 10.00 Å². The minimum Gasteiger partial charge on any atom is -0.507 e. The summed E-state index contributed by atoms with van der Waals surface area (Å²) in [5.41, 5.74) is 2.73. The van der Waals surface area contributed by atoms with E-state index in [-0.39, 0.29) is 11.3 Å². The van der Waals surface area contributed by atoms with Crippen molar-refractivity contribution in [2.24, 2.45) is 0 Å². The van der Waals surface area contributed by atoms with Crippen molar-refractivity contribution >= 4 is 17.4 Å². The largest absolute Gasteiger partial charge is 0.507 e. The number of aliphatic hydroxyl groups excluding tert-OH is 1. The third kappa shape index (κ3) is 5.46. The van der Waals surface area contributed by atoms with Crippen molar-refractivity contribution in [1.82, 2.24) is 19.6 Å². The van der Waals surface area contributed by atoms with Crippen LogP contribution >= 0.6 is 0 Å². The van der Waals surface area contributed by atoms with Gasteiger partial charge < -0.3 is 19.5 Å². The Morgan fingerprint density at radius 3 is 2.46 bits per heavy atom. The summed E-state index contributed by atoms with van der Waals surface area (Å²) in [5, 5.41) is 16.0. The minimum atomic E-state index is -0.718. The van der Waals surface area contributed by atoms with Crippen molar-refractivity contribution in [3.05, 3.63) is 83.2 Å². The van der Waals surface area contributed by atoms with Gasteiger partial charge in [-0.05, 0) is 50.1 Å². The molecule has 0 aliphatic carbocycles. The number of amides is 1. The van der Waals surface area contributed by atoms with Crippen LogP contribution in [0.3, 0.4) is 0 Å². The Labute approximate surface area is 228 Å². The average molecular weight is 531 g/mol. The Hall–Kier alpha value is -3.95. The normalized spacial score (nSPS) is 19.5. The average Bonchev–Trinajstić information content (AvgIpc) is 3.47. The number of aromatic nitrogens is 2. The number of benzene rings is 2. The molecule has 1 N–H and O–H groups in total. The molecule has 0 bridgehead atoms. The molecule has 1 amide bonds. The molecule has 0 unspecified atom stereocenters. The molecule has 2 aromatic carbocycles. The van der Waals surface area contributed by atoms with E-state index in [1.165, 1.54) is 0 Å². The molecule has 2 aliphatic rings. The van der Waals surface area contributed by atoms with Gasteiger partial charge in [-0.2, -0.15) is 5.10 Å². The summed E-state index contributed by atoms with van der Waals surface area (Å²) in [6.45, 7) is 8.57. The third-order valence-corrected chi connectivity index (χ3v) is 7.29. The highest BCUT2D eigenvalue weighted by Gasteiger charge is 2.46. The van der Waals surface area contributed by atoms with Crippen molar-refractivity contribution in [2.75, 3.05) is 46.0 Å². The maximum Gasteiger partial charge on any atom is 0.295 e. The maximum absolute atomic E-state index is 13.4. The monoisotopic (exact) mass is 530 g/mol. The number of likely N-dealkylation sites (tertiary alicyclic amines) is 1. The summed E-state index contributed by atoms with van der Waals surface area (Å²) >= 11 is 0. The number of rotatable bonds is 9. The van der Waals surface area contributed by atoms with Crippen molar-refractivity contribution in [3.63, 3.8) is 0 Å². The Kier molecular flexibility index (Phi) is 8.09. The van der Waals surface area contributed by atoms with Gasteiger partial charge in [-0.1, -0.05) is 30.3 Å². The van der Waals surface area contributed by atoms with E-state index in [4.69, 9.17) is 9.47 Å². The van der Waals surface area contributed by atoms with Gasteiger partial charge in [-0.3, -0.25) is 14.5 Å². The van der Waals surface area contributed by atoms with Crippen molar-refractivity contribution in [2.45, 2.75) is 26.3 Å². The zero-order valence-electron chi connectivity index (χ0n) is 22.4. The van der Waals surface area contributed by atoms with Crippen LogP contribution in [0.25, 0.3) is 11.4 Å². The molecule has 2 fully saturated rings. The lowest BCUT2D eigenvalue weighted by Gasteiger charge is -2.29. The van der Waals surface area contributed by atoms with Crippen LogP contribution in [0.4, 0.5) is 0 Å². The molecule has 0 spiro atoms. The number of carbonyl (C=O) groups excluding carboxylic acids is 2. The van der Waals surface area contributed by atoms with E-state index < -0.39 is 17.7 Å². The molecule has 2 aliphatic heterocycles. The molecular formula is C30H34N4O5. The fraction of sp³-hybridized carbons (Fsp3) is 0.367. The second-order valence-electron chi connectivity index (χ2n) is 9.69. The number of hydrogen-bond donors (Lipinski definition) is 1. The van der Waals surface area contributed by atoms with Gasteiger partial charge >= 0.3 is 0 Å². The van der Waals surface area contributed by atoms with Gasteiger partial charge in [-0.15, -0.1) is 0 Å². The number of morpholine rings is 1. The van der Waals surface area contributed by atoms with E-state index >= 15 is 0 Å². The Morgan fingerprint density at radius 1 is 1.05 bits per heavy atom. The summed E-state index contributed by atoms with van der Waals surface area (Å²) in [6.07, 6.45) is 2.24. The first kappa shape index (κ1) is 26.6. The van der Waals surface area contributed by atoms with Crippen molar-refractivity contribution in [1.29, 1.82) is 0 Å². The molecule has 5 rings (SSSR count). The lowest BCUT2D eigenvalue weighted by molar-refractivity contribution is -0.140. The second-order valence-corrected chi connectivity index (χ2v) is 9.69. The molecule has 9 nitrogen and oxygen atoms in total. The number of ether oxygens (including phenoxy) is 2. The molecule has 0 saturated carbocycles. The highest BCUT2D eigenvalue weighted by molar-refractivity contribution is 6.46. The Bertz CT molecular complexity index is 1340. The number of carbonyl (C=O) groups is 2. The molecule has 0 radical (unpaired) electrons. The molecule has 9 heteroatoms. The number of para-hydroxylation sites is 1. The van der Waals surface area contributed by atoms with Crippen LogP contribution in [0.2, 0.25) is 0 Å². The number of nitrogens with zero attached hydrogens (tertiary/aromatic N) is 4. The van der Waals surface area contributed by atoms with Gasteiger partial charge in [0.05, 0.1) is 54.6 Å². The van der Waals surface area contributed by atoms with Crippen LogP contribution in [-0.2, 0) is 14.3 Å². The maximum atomic E-state index is 13.4. The van der Waals surface area contributed by atoms with E-state index in [0.29, 0.717) is 49.8 Å².